The van der Waals surface area contributed by atoms with Crippen molar-refractivity contribution in [2.24, 2.45) is 0 Å². The van der Waals surface area contributed by atoms with Crippen molar-refractivity contribution in [1.29, 1.82) is 0 Å². The fourth-order valence-corrected chi connectivity index (χ4v) is 3.40. The molecule has 15 heavy (non-hydrogen) atoms. The third kappa shape index (κ3) is 3.32. The number of rotatable bonds is 5. The van der Waals surface area contributed by atoms with Crippen LogP contribution in [0.4, 0.5) is 5.13 Å². The molecule has 1 N–H and O–H groups in total. The highest BCUT2D eigenvalue weighted by Gasteiger charge is 2.18. The van der Waals surface area contributed by atoms with Crippen LogP contribution < -0.4 is 5.32 Å². The molecule has 1 aromatic rings. The first-order chi connectivity index (χ1) is 7.38. The van der Waals surface area contributed by atoms with Crippen LogP contribution in [0, 0.1) is 0 Å². The van der Waals surface area contributed by atoms with Crippen molar-refractivity contribution in [2.75, 3.05) is 25.1 Å². The molecule has 4 nitrogen and oxygen atoms in total. The number of anilines is 1. The lowest BCUT2D eigenvalue weighted by Gasteiger charge is -2.01. The molecule has 1 aliphatic rings. The molecular weight excluding hydrogens is 230 g/mol. The molecule has 84 valence electrons. The van der Waals surface area contributed by atoms with Gasteiger partial charge in [-0.15, -0.1) is 10.2 Å². The highest BCUT2D eigenvalue weighted by atomic mass is 32.2. The maximum Gasteiger partial charge on any atom is 0.206 e. The van der Waals surface area contributed by atoms with Gasteiger partial charge in [-0.05, 0) is 12.8 Å². The van der Waals surface area contributed by atoms with Crippen LogP contribution in [-0.4, -0.2) is 35.2 Å². The SMILES string of the molecule is CCCNc1nnc(S[C@@H]2CCOC2)s1. The predicted molar refractivity (Wildman–Crippen MR) is 63.8 cm³/mol. The molecule has 0 radical (unpaired) electrons. The normalized spacial score (nSPS) is 20.7. The third-order valence-corrected chi connectivity index (χ3v) is 4.29. The first-order valence-electron chi connectivity index (χ1n) is 5.20. The zero-order valence-corrected chi connectivity index (χ0v) is 10.4. The predicted octanol–water partition coefficient (Wildman–Crippen LogP) is 2.24. The zero-order chi connectivity index (χ0) is 10.5. The van der Waals surface area contributed by atoms with Crippen molar-refractivity contribution in [3.05, 3.63) is 0 Å². The summed E-state index contributed by atoms with van der Waals surface area (Å²) in [7, 11) is 0. The van der Waals surface area contributed by atoms with Gasteiger partial charge in [0, 0.05) is 18.4 Å². The second-order valence-electron chi connectivity index (χ2n) is 3.40. The minimum atomic E-state index is 0.567. The molecule has 0 bridgehead atoms. The average Bonchev–Trinajstić information content (AvgIpc) is 2.87. The quantitative estimate of drug-likeness (QED) is 0.862. The molecule has 1 saturated heterocycles. The monoisotopic (exact) mass is 245 g/mol. The molecule has 0 saturated carbocycles. The molecule has 0 amide bonds. The lowest BCUT2D eigenvalue weighted by atomic mass is 10.4. The molecule has 0 aliphatic carbocycles. The number of ether oxygens (including phenoxy) is 1. The minimum absolute atomic E-state index is 0.567. The topological polar surface area (TPSA) is 47.0 Å². The van der Waals surface area contributed by atoms with E-state index < -0.39 is 0 Å². The minimum Gasteiger partial charge on any atom is -0.380 e. The van der Waals surface area contributed by atoms with Gasteiger partial charge in [0.05, 0.1) is 6.61 Å². The Bertz CT molecular complexity index is 299. The van der Waals surface area contributed by atoms with E-state index in [0.717, 1.165) is 42.1 Å². The average molecular weight is 245 g/mol. The molecule has 1 atom stereocenters. The van der Waals surface area contributed by atoms with Gasteiger partial charge < -0.3 is 10.1 Å². The Labute approximate surface area is 97.8 Å². The van der Waals surface area contributed by atoms with E-state index in [4.69, 9.17) is 4.74 Å². The van der Waals surface area contributed by atoms with E-state index in [-0.39, 0.29) is 0 Å². The van der Waals surface area contributed by atoms with Crippen molar-refractivity contribution in [2.45, 2.75) is 29.4 Å². The van der Waals surface area contributed by atoms with Crippen LogP contribution in [0.3, 0.4) is 0 Å². The third-order valence-electron chi connectivity index (χ3n) is 2.09. The molecule has 0 unspecified atom stereocenters. The zero-order valence-electron chi connectivity index (χ0n) is 8.73. The standard InChI is InChI=1S/C9H15N3OS2/c1-2-4-10-8-11-12-9(15-8)14-7-3-5-13-6-7/h7H,2-6H2,1H3,(H,10,11)/t7-/m1/s1. The molecule has 0 aromatic carbocycles. The second kappa shape index (κ2) is 5.67. The molecule has 1 aliphatic heterocycles. The smallest absolute Gasteiger partial charge is 0.206 e. The summed E-state index contributed by atoms with van der Waals surface area (Å²) in [4.78, 5) is 0. The summed E-state index contributed by atoms with van der Waals surface area (Å²) in [6, 6.07) is 0. The van der Waals surface area contributed by atoms with Crippen LogP contribution in [-0.2, 0) is 4.74 Å². The number of hydrogen-bond acceptors (Lipinski definition) is 6. The summed E-state index contributed by atoms with van der Waals surface area (Å²) in [6.45, 7) is 4.84. The Kier molecular flexibility index (Phi) is 4.22. The van der Waals surface area contributed by atoms with Crippen molar-refractivity contribution in [3.63, 3.8) is 0 Å². The molecule has 2 rings (SSSR count). The molecule has 2 heterocycles. The number of nitrogens with one attached hydrogen (secondary N) is 1. The lowest BCUT2D eigenvalue weighted by molar-refractivity contribution is 0.199. The molecule has 1 fully saturated rings. The number of nitrogens with zero attached hydrogens (tertiary/aromatic N) is 2. The first-order valence-corrected chi connectivity index (χ1v) is 6.90. The van der Waals surface area contributed by atoms with Crippen LogP contribution in [0.5, 0.6) is 0 Å². The van der Waals surface area contributed by atoms with Crippen LogP contribution in [0.25, 0.3) is 0 Å². The van der Waals surface area contributed by atoms with Gasteiger partial charge in [-0.2, -0.15) is 0 Å². The Morgan fingerprint density at radius 3 is 3.27 bits per heavy atom. The Balaban J connectivity index is 1.83. The first kappa shape index (κ1) is 11.2. The van der Waals surface area contributed by atoms with Crippen molar-refractivity contribution in [1.82, 2.24) is 10.2 Å². The van der Waals surface area contributed by atoms with Crippen molar-refractivity contribution >= 4 is 28.2 Å². The van der Waals surface area contributed by atoms with E-state index in [1.54, 1.807) is 23.1 Å². The fraction of sp³-hybridized carbons (Fsp3) is 0.778. The van der Waals surface area contributed by atoms with Gasteiger partial charge in [-0.3, -0.25) is 0 Å². The summed E-state index contributed by atoms with van der Waals surface area (Å²) >= 11 is 3.42. The van der Waals surface area contributed by atoms with E-state index in [0.29, 0.717) is 5.25 Å². The highest BCUT2D eigenvalue weighted by Crippen LogP contribution is 2.32. The maximum absolute atomic E-state index is 5.32. The van der Waals surface area contributed by atoms with Crippen LogP contribution in [0.2, 0.25) is 0 Å². The maximum atomic E-state index is 5.32. The lowest BCUT2D eigenvalue weighted by Crippen LogP contribution is -1.99. The van der Waals surface area contributed by atoms with E-state index in [1.165, 1.54) is 0 Å². The van der Waals surface area contributed by atoms with Crippen molar-refractivity contribution < 1.29 is 4.74 Å². The molecular formula is C9H15N3OS2. The van der Waals surface area contributed by atoms with Crippen molar-refractivity contribution in [3.8, 4) is 0 Å². The van der Waals surface area contributed by atoms with Gasteiger partial charge in [0.2, 0.25) is 5.13 Å². The molecule has 0 spiro atoms. The Morgan fingerprint density at radius 2 is 2.53 bits per heavy atom. The van der Waals surface area contributed by atoms with E-state index in [9.17, 15) is 0 Å². The summed E-state index contributed by atoms with van der Waals surface area (Å²) in [5, 5.41) is 13.0. The van der Waals surface area contributed by atoms with Crippen LogP contribution >= 0.6 is 23.1 Å². The number of aromatic nitrogens is 2. The van der Waals surface area contributed by atoms with Gasteiger partial charge >= 0.3 is 0 Å². The summed E-state index contributed by atoms with van der Waals surface area (Å²) < 4.78 is 6.37. The Morgan fingerprint density at radius 1 is 1.60 bits per heavy atom. The number of thioether (sulfide) groups is 1. The fourth-order valence-electron chi connectivity index (χ4n) is 1.31. The second-order valence-corrected chi connectivity index (χ2v) is 5.93. The van der Waals surface area contributed by atoms with Gasteiger partial charge in [0.1, 0.15) is 0 Å². The molecule has 6 heteroatoms. The van der Waals surface area contributed by atoms with Gasteiger partial charge in [-0.1, -0.05) is 30.0 Å². The molecule has 1 aromatic heterocycles. The summed E-state index contributed by atoms with van der Waals surface area (Å²) in [5.74, 6) is 0. The summed E-state index contributed by atoms with van der Waals surface area (Å²) in [5.41, 5.74) is 0. The van der Waals surface area contributed by atoms with Gasteiger partial charge in [0.25, 0.3) is 0 Å². The van der Waals surface area contributed by atoms with E-state index in [1.807, 2.05) is 0 Å². The van der Waals surface area contributed by atoms with Crippen LogP contribution in [0.15, 0.2) is 4.34 Å². The van der Waals surface area contributed by atoms with E-state index in [2.05, 4.69) is 22.4 Å². The summed E-state index contributed by atoms with van der Waals surface area (Å²) in [6.07, 6.45) is 2.24. The highest BCUT2D eigenvalue weighted by molar-refractivity contribution is 8.01. The number of hydrogen-bond donors (Lipinski definition) is 1. The van der Waals surface area contributed by atoms with Crippen LogP contribution in [0.1, 0.15) is 19.8 Å². The largest absolute Gasteiger partial charge is 0.380 e. The Hall–Kier alpha value is -0.330. The van der Waals surface area contributed by atoms with Gasteiger partial charge in [-0.25, -0.2) is 0 Å². The van der Waals surface area contributed by atoms with E-state index >= 15 is 0 Å². The van der Waals surface area contributed by atoms with Gasteiger partial charge in [0.15, 0.2) is 4.34 Å².